The van der Waals surface area contributed by atoms with Gasteiger partial charge in [0.1, 0.15) is 22.4 Å². The highest BCUT2D eigenvalue weighted by molar-refractivity contribution is 6.05. The normalized spacial score (nSPS) is 11.4. The van der Waals surface area contributed by atoms with Gasteiger partial charge in [-0.25, -0.2) is 4.98 Å². The molecule has 0 N–H and O–H groups in total. The minimum atomic E-state index is 0. The highest BCUT2D eigenvalue weighted by Gasteiger charge is 2.18. The Balaban J connectivity index is 0.00000252. The second kappa shape index (κ2) is 8.99. The van der Waals surface area contributed by atoms with Crippen LogP contribution in [-0.2, 0) is 6.54 Å². The molecule has 4 aromatic carbocycles. The van der Waals surface area contributed by atoms with Gasteiger partial charge in [-0.05, 0) is 72.1 Å². The number of furan rings is 1. The molecule has 0 aliphatic rings. The van der Waals surface area contributed by atoms with Crippen molar-refractivity contribution in [2.75, 3.05) is 0 Å². The van der Waals surface area contributed by atoms with E-state index in [4.69, 9.17) is 9.15 Å². The van der Waals surface area contributed by atoms with Gasteiger partial charge in [0.2, 0.25) is 5.88 Å². The first-order chi connectivity index (χ1) is 17.7. The molecular weight excluding hydrogens is 480 g/mol. The van der Waals surface area contributed by atoms with Crippen molar-refractivity contribution in [3.05, 3.63) is 114 Å². The summed E-state index contributed by atoms with van der Waals surface area (Å²) in [5.74, 6) is 1.35. The van der Waals surface area contributed by atoms with Crippen LogP contribution < -0.4 is 4.74 Å². The second-order valence-corrected chi connectivity index (χ2v) is 9.35. The Hall–Kier alpha value is -4.28. The maximum atomic E-state index is 6.46. The predicted molar refractivity (Wildman–Crippen MR) is 153 cm³/mol. The largest absolute Gasteiger partial charge is 0.456 e. The van der Waals surface area contributed by atoms with Crippen molar-refractivity contribution in [2.45, 2.75) is 20.4 Å². The molecule has 3 aromatic heterocycles. The lowest BCUT2D eigenvalue weighted by Crippen LogP contribution is -2.03. The number of nitrogens with zero attached hydrogens (tertiary/aromatic N) is 2. The summed E-state index contributed by atoms with van der Waals surface area (Å²) in [5.41, 5.74) is 6.44. The van der Waals surface area contributed by atoms with Crippen molar-refractivity contribution in [2.24, 2.45) is 0 Å². The van der Waals surface area contributed by atoms with Crippen molar-refractivity contribution in [1.82, 2.24) is 9.55 Å². The van der Waals surface area contributed by atoms with E-state index >= 15 is 0 Å². The average molecular weight is 505 g/mol. The van der Waals surface area contributed by atoms with Crippen LogP contribution >= 0.6 is 12.4 Å². The third-order valence-corrected chi connectivity index (χ3v) is 7.23. The fraction of sp³-hybridized carbons (Fsp3) is 0.0938. The first kappa shape index (κ1) is 23.1. The van der Waals surface area contributed by atoms with Gasteiger partial charge in [-0.15, -0.1) is 12.4 Å². The summed E-state index contributed by atoms with van der Waals surface area (Å²) in [5, 5.41) is 5.77. The minimum absolute atomic E-state index is 0. The molecule has 5 heteroatoms. The number of ether oxygens (including phenoxy) is 1. The lowest BCUT2D eigenvalue weighted by molar-refractivity contribution is 0.466. The van der Waals surface area contributed by atoms with E-state index in [9.17, 15) is 0 Å². The third-order valence-electron chi connectivity index (χ3n) is 7.23. The van der Waals surface area contributed by atoms with E-state index < -0.39 is 0 Å². The summed E-state index contributed by atoms with van der Waals surface area (Å²) in [6.45, 7) is 5.08. The smallest absolute Gasteiger partial charge is 0.244 e. The summed E-state index contributed by atoms with van der Waals surface area (Å²) < 4.78 is 14.8. The topological polar surface area (TPSA) is 40.2 Å². The van der Waals surface area contributed by atoms with Crippen molar-refractivity contribution >= 4 is 56.0 Å². The van der Waals surface area contributed by atoms with Crippen LogP contribution in [0.25, 0.3) is 43.6 Å². The van der Waals surface area contributed by atoms with Crippen molar-refractivity contribution in [1.29, 1.82) is 0 Å². The number of para-hydroxylation sites is 1. The zero-order chi connectivity index (χ0) is 24.2. The molecule has 0 aliphatic heterocycles. The number of benzene rings is 4. The molecule has 7 aromatic rings. The van der Waals surface area contributed by atoms with E-state index in [2.05, 4.69) is 78.0 Å². The minimum Gasteiger partial charge on any atom is -0.456 e. The van der Waals surface area contributed by atoms with Crippen molar-refractivity contribution in [3.63, 3.8) is 0 Å². The Morgan fingerprint density at radius 1 is 0.757 bits per heavy atom. The van der Waals surface area contributed by atoms with Gasteiger partial charge in [0.25, 0.3) is 0 Å². The van der Waals surface area contributed by atoms with E-state index in [-0.39, 0.29) is 12.4 Å². The Bertz CT molecular complexity index is 1930. The predicted octanol–water partition coefficient (Wildman–Crippen LogP) is 8.97. The standard InChI is InChI=1S/C32H24N2O2.ClH/c1-20-21(2)34(19-22-11-12-23-7-3-4-8-24(23)17-22)31-26(20)15-16-33-32(31)35-25-13-14-30-28(18-25)27-9-5-6-10-29(27)36-30;/h3-18H,19H2,1-2H3;1H. The Morgan fingerprint density at radius 3 is 2.43 bits per heavy atom. The molecule has 0 radical (unpaired) electrons. The number of rotatable bonds is 4. The molecule has 0 spiro atoms. The van der Waals surface area contributed by atoms with Gasteiger partial charge in [-0.2, -0.15) is 0 Å². The molecule has 0 bridgehead atoms. The molecule has 0 saturated carbocycles. The Labute approximate surface area is 220 Å². The summed E-state index contributed by atoms with van der Waals surface area (Å²) >= 11 is 0. The number of fused-ring (bicyclic) bond motifs is 5. The quantitative estimate of drug-likeness (QED) is 0.240. The molecule has 7 rings (SSSR count). The van der Waals surface area contributed by atoms with Crippen molar-refractivity contribution < 1.29 is 9.15 Å². The van der Waals surface area contributed by atoms with Gasteiger partial charge in [0.15, 0.2) is 0 Å². The molecular formula is C32H25ClN2O2. The van der Waals surface area contributed by atoms with E-state index in [1.807, 2.05) is 42.6 Å². The lowest BCUT2D eigenvalue weighted by atomic mass is 10.1. The maximum absolute atomic E-state index is 6.46. The number of aryl methyl sites for hydroxylation is 1. The molecule has 182 valence electrons. The summed E-state index contributed by atoms with van der Waals surface area (Å²) in [7, 11) is 0. The molecule has 4 nitrogen and oxygen atoms in total. The van der Waals surface area contributed by atoms with Gasteiger partial charge in [0, 0.05) is 34.6 Å². The first-order valence-electron chi connectivity index (χ1n) is 12.2. The van der Waals surface area contributed by atoms with Crippen LogP contribution in [0.15, 0.2) is 102 Å². The van der Waals surface area contributed by atoms with Crippen LogP contribution in [0.1, 0.15) is 16.8 Å². The number of halogens is 1. The summed E-state index contributed by atoms with van der Waals surface area (Å²) in [6, 6.07) is 31.3. The molecule has 3 heterocycles. The Morgan fingerprint density at radius 2 is 1.54 bits per heavy atom. The highest BCUT2D eigenvalue weighted by atomic mass is 35.5. The van der Waals surface area contributed by atoms with Gasteiger partial charge in [-0.1, -0.05) is 54.6 Å². The SMILES string of the molecule is Cc1c(C)n(Cc2ccc3ccccc3c2)c2c(Oc3ccc4oc5ccccc5c4c3)nccc12.Cl. The van der Waals surface area contributed by atoms with Gasteiger partial charge >= 0.3 is 0 Å². The van der Waals surface area contributed by atoms with Gasteiger partial charge in [-0.3, -0.25) is 0 Å². The van der Waals surface area contributed by atoms with Crippen LogP contribution in [-0.4, -0.2) is 9.55 Å². The number of hydrogen-bond acceptors (Lipinski definition) is 3. The van der Waals surface area contributed by atoms with E-state index in [0.717, 1.165) is 45.1 Å². The van der Waals surface area contributed by atoms with Crippen LogP contribution in [0.2, 0.25) is 0 Å². The number of aromatic nitrogens is 2. The molecule has 37 heavy (non-hydrogen) atoms. The molecule has 0 atom stereocenters. The van der Waals surface area contributed by atoms with Crippen LogP contribution in [0, 0.1) is 13.8 Å². The van der Waals surface area contributed by atoms with E-state index in [0.29, 0.717) is 5.88 Å². The fourth-order valence-electron chi connectivity index (χ4n) is 5.24. The zero-order valence-electron chi connectivity index (χ0n) is 20.6. The number of pyridine rings is 1. The van der Waals surface area contributed by atoms with Crippen LogP contribution in [0.5, 0.6) is 11.6 Å². The summed E-state index contributed by atoms with van der Waals surface area (Å²) in [4.78, 5) is 4.67. The lowest BCUT2D eigenvalue weighted by Gasteiger charge is -2.13. The molecule has 0 aliphatic carbocycles. The third kappa shape index (κ3) is 3.81. The molecule has 0 saturated heterocycles. The monoisotopic (exact) mass is 504 g/mol. The van der Waals surface area contributed by atoms with Crippen LogP contribution in [0.4, 0.5) is 0 Å². The van der Waals surface area contributed by atoms with Crippen LogP contribution in [0.3, 0.4) is 0 Å². The second-order valence-electron chi connectivity index (χ2n) is 9.35. The molecule has 0 amide bonds. The van der Waals surface area contributed by atoms with E-state index in [1.54, 1.807) is 0 Å². The summed E-state index contributed by atoms with van der Waals surface area (Å²) in [6.07, 6.45) is 1.83. The first-order valence-corrected chi connectivity index (χ1v) is 12.2. The Kier molecular flexibility index (Phi) is 5.62. The van der Waals surface area contributed by atoms with Gasteiger partial charge in [0.05, 0.1) is 0 Å². The van der Waals surface area contributed by atoms with E-state index in [1.165, 1.54) is 27.6 Å². The average Bonchev–Trinajstić information content (AvgIpc) is 3.40. The number of hydrogen-bond donors (Lipinski definition) is 0. The zero-order valence-corrected chi connectivity index (χ0v) is 21.4. The van der Waals surface area contributed by atoms with Crippen molar-refractivity contribution in [3.8, 4) is 11.6 Å². The maximum Gasteiger partial charge on any atom is 0.244 e. The van der Waals surface area contributed by atoms with Gasteiger partial charge < -0.3 is 13.7 Å². The highest BCUT2D eigenvalue weighted by Crippen LogP contribution is 2.36. The molecule has 0 unspecified atom stereocenters. The molecule has 0 fully saturated rings. The fourth-order valence-corrected chi connectivity index (χ4v) is 5.24.